The van der Waals surface area contributed by atoms with Gasteiger partial charge in [0.15, 0.2) is 0 Å². The summed E-state index contributed by atoms with van der Waals surface area (Å²) in [6, 6.07) is 1.000. The van der Waals surface area contributed by atoms with Crippen LogP contribution in [0.3, 0.4) is 0 Å². The van der Waals surface area contributed by atoms with Crippen LogP contribution in [0.15, 0.2) is 12.1 Å². The molecular weight excluding hydrogens is 349 g/mol. The van der Waals surface area contributed by atoms with Gasteiger partial charge in [-0.15, -0.1) is 0 Å². The van der Waals surface area contributed by atoms with Gasteiger partial charge in [-0.2, -0.15) is 13.2 Å². The van der Waals surface area contributed by atoms with E-state index in [-0.39, 0.29) is 24.3 Å². The lowest BCUT2D eigenvalue weighted by Crippen LogP contribution is -2.44. The minimum absolute atomic E-state index is 0.121. The number of nitrogens with zero attached hydrogens (tertiary/aromatic N) is 1. The molecule has 0 radical (unpaired) electrons. The maximum atomic E-state index is 13.0. The summed E-state index contributed by atoms with van der Waals surface area (Å²) in [7, 11) is -1.11. The predicted molar refractivity (Wildman–Crippen MR) is 83.4 cm³/mol. The van der Waals surface area contributed by atoms with Crippen LogP contribution in [0.25, 0.3) is 0 Å². The van der Waals surface area contributed by atoms with Gasteiger partial charge < -0.3 is 10.4 Å². The van der Waals surface area contributed by atoms with Crippen molar-refractivity contribution < 1.29 is 27.4 Å². The fourth-order valence-electron chi connectivity index (χ4n) is 2.67. The number of nitro groups is 1. The highest BCUT2D eigenvalue weighted by atomic mass is 32.2. The number of anilines is 1. The molecule has 1 aliphatic rings. The summed E-state index contributed by atoms with van der Waals surface area (Å²) in [5.41, 5.74) is -3.17. The monoisotopic (exact) mass is 366 g/mol. The molecule has 3 unspecified atom stereocenters. The summed E-state index contributed by atoms with van der Waals surface area (Å²) in [5, 5.41) is 24.2. The van der Waals surface area contributed by atoms with Crippen LogP contribution < -0.4 is 5.32 Å². The highest BCUT2D eigenvalue weighted by Crippen LogP contribution is 2.42. The van der Waals surface area contributed by atoms with Gasteiger partial charge in [0, 0.05) is 34.6 Å². The maximum absolute atomic E-state index is 13.0. The Morgan fingerprint density at radius 2 is 2.08 bits per heavy atom. The standard InChI is InChI=1S/C14H17F3N2O4S/c1-13(20,3-4-24(2)23)12-6-8-5-11(19(21)22)9(14(15,16)17)7-10(8)18-12/h5,7,12,18,20H,3-4,6H2,1-2H3. The number of halogens is 3. The van der Waals surface area contributed by atoms with Crippen molar-refractivity contribution in [2.45, 2.75) is 37.6 Å². The molecule has 1 heterocycles. The molecular formula is C14H17F3N2O4S. The van der Waals surface area contributed by atoms with Crippen LogP contribution in [0, 0.1) is 10.1 Å². The Bertz CT molecular complexity index is 691. The van der Waals surface area contributed by atoms with E-state index in [9.17, 15) is 32.6 Å². The average Bonchev–Trinajstić information content (AvgIpc) is 2.86. The Morgan fingerprint density at radius 1 is 1.46 bits per heavy atom. The molecule has 24 heavy (non-hydrogen) atoms. The minimum atomic E-state index is -4.85. The Hall–Kier alpha value is -1.68. The third-order valence-electron chi connectivity index (χ3n) is 4.12. The second-order valence-corrected chi connectivity index (χ2v) is 7.62. The van der Waals surface area contributed by atoms with Gasteiger partial charge in [-0.05, 0) is 31.4 Å². The molecule has 0 aromatic heterocycles. The number of aliphatic hydroxyl groups is 1. The lowest BCUT2D eigenvalue weighted by molar-refractivity contribution is -0.388. The fourth-order valence-corrected chi connectivity index (χ4v) is 3.37. The fraction of sp³-hybridized carbons (Fsp3) is 0.571. The summed E-state index contributed by atoms with van der Waals surface area (Å²) in [5.74, 6) is 0.246. The van der Waals surface area contributed by atoms with Gasteiger partial charge in [0.2, 0.25) is 0 Å². The first-order valence-corrected chi connectivity index (χ1v) is 8.82. The number of hydrogen-bond acceptors (Lipinski definition) is 5. The Morgan fingerprint density at radius 3 is 2.58 bits per heavy atom. The summed E-state index contributed by atoms with van der Waals surface area (Å²) >= 11 is 0. The van der Waals surface area contributed by atoms with Crippen molar-refractivity contribution in [1.82, 2.24) is 0 Å². The van der Waals surface area contributed by atoms with E-state index in [2.05, 4.69) is 5.32 Å². The van der Waals surface area contributed by atoms with Crippen molar-refractivity contribution in [3.8, 4) is 0 Å². The van der Waals surface area contributed by atoms with Crippen LogP contribution in [0.2, 0.25) is 0 Å². The second-order valence-electron chi connectivity index (χ2n) is 6.07. The molecule has 1 aromatic rings. The van der Waals surface area contributed by atoms with Crippen molar-refractivity contribution in [1.29, 1.82) is 0 Å². The van der Waals surface area contributed by atoms with Crippen molar-refractivity contribution in [3.63, 3.8) is 0 Å². The minimum Gasteiger partial charge on any atom is -0.388 e. The number of alkyl halides is 3. The van der Waals surface area contributed by atoms with E-state index in [1.807, 2.05) is 0 Å². The smallest absolute Gasteiger partial charge is 0.388 e. The third kappa shape index (κ3) is 3.86. The number of nitrogens with one attached hydrogen (secondary N) is 1. The van der Waals surface area contributed by atoms with Crippen LogP contribution in [-0.2, 0) is 23.4 Å². The predicted octanol–water partition coefficient (Wildman–Crippen LogP) is 2.47. The van der Waals surface area contributed by atoms with E-state index in [0.29, 0.717) is 11.6 Å². The first-order chi connectivity index (χ1) is 10.9. The average molecular weight is 366 g/mol. The molecule has 1 aromatic carbocycles. The Balaban J connectivity index is 2.32. The van der Waals surface area contributed by atoms with Gasteiger partial charge in [-0.3, -0.25) is 14.3 Å². The largest absolute Gasteiger partial charge is 0.423 e. The van der Waals surface area contributed by atoms with E-state index in [1.54, 1.807) is 0 Å². The SMILES string of the molecule is CS(=O)CCC(C)(O)C1Cc2cc([N+](=O)[O-])c(C(F)(F)F)cc2N1. The summed E-state index contributed by atoms with van der Waals surface area (Å²) in [6.07, 6.45) is -3.02. The molecule has 2 N–H and O–H groups in total. The molecule has 10 heteroatoms. The molecule has 1 aliphatic heterocycles. The normalized spacial score (nSPS) is 20.8. The molecule has 134 valence electrons. The molecule has 2 rings (SSSR count). The van der Waals surface area contributed by atoms with Crippen LogP contribution in [0.4, 0.5) is 24.5 Å². The van der Waals surface area contributed by atoms with Crippen LogP contribution in [-0.4, -0.2) is 37.9 Å². The second kappa shape index (κ2) is 6.32. The number of rotatable bonds is 5. The van der Waals surface area contributed by atoms with Crippen molar-refractivity contribution in [2.24, 2.45) is 0 Å². The van der Waals surface area contributed by atoms with Crippen molar-refractivity contribution in [3.05, 3.63) is 33.4 Å². The summed E-state index contributed by atoms with van der Waals surface area (Å²) in [6.45, 7) is 1.50. The number of nitro benzene ring substituents is 1. The Labute approximate surface area is 138 Å². The molecule has 0 saturated heterocycles. The lowest BCUT2D eigenvalue weighted by Gasteiger charge is -2.30. The van der Waals surface area contributed by atoms with Gasteiger partial charge in [0.25, 0.3) is 5.69 Å². The van der Waals surface area contributed by atoms with Crippen LogP contribution in [0.5, 0.6) is 0 Å². The molecule has 0 aliphatic carbocycles. The maximum Gasteiger partial charge on any atom is 0.423 e. The van der Waals surface area contributed by atoms with Crippen molar-refractivity contribution >= 4 is 22.2 Å². The Kier molecular flexibility index (Phi) is 4.91. The highest BCUT2D eigenvalue weighted by molar-refractivity contribution is 7.84. The number of hydrogen-bond donors (Lipinski definition) is 2. The first-order valence-electron chi connectivity index (χ1n) is 7.09. The van der Waals surface area contributed by atoms with Gasteiger partial charge in [-0.25, -0.2) is 0 Å². The molecule has 6 nitrogen and oxygen atoms in total. The first kappa shape index (κ1) is 18.7. The van der Waals surface area contributed by atoms with Gasteiger partial charge in [-0.1, -0.05) is 0 Å². The van der Waals surface area contributed by atoms with E-state index < -0.39 is 44.8 Å². The lowest BCUT2D eigenvalue weighted by atomic mass is 9.91. The van der Waals surface area contributed by atoms with Gasteiger partial charge in [0.1, 0.15) is 5.56 Å². The molecule has 0 bridgehead atoms. The van der Waals surface area contributed by atoms with Gasteiger partial charge >= 0.3 is 6.18 Å². The zero-order valence-corrected chi connectivity index (χ0v) is 13.8. The van der Waals surface area contributed by atoms with E-state index >= 15 is 0 Å². The summed E-state index contributed by atoms with van der Waals surface area (Å²) < 4.78 is 50.2. The quantitative estimate of drug-likeness (QED) is 0.617. The van der Waals surface area contributed by atoms with Crippen LogP contribution in [0.1, 0.15) is 24.5 Å². The summed E-state index contributed by atoms with van der Waals surface area (Å²) in [4.78, 5) is 9.87. The molecule has 0 spiro atoms. The zero-order chi connectivity index (χ0) is 18.3. The number of benzene rings is 1. The molecule has 3 atom stereocenters. The van der Waals surface area contributed by atoms with Crippen LogP contribution >= 0.6 is 0 Å². The topological polar surface area (TPSA) is 92.5 Å². The van der Waals surface area contributed by atoms with Crippen molar-refractivity contribution in [2.75, 3.05) is 17.3 Å². The molecule has 0 fully saturated rings. The third-order valence-corrected chi connectivity index (χ3v) is 4.90. The van der Waals surface area contributed by atoms with E-state index in [0.717, 1.165) is 6.07 Å². The molecule has 0 saturated carbocycles. The van der Waals surface area contributed by atoms with Gasteiger partial charge in [0.05, 0.1) is 16.6 Å². The zero-order valence-electron chi connectivity index (χ0n) is 13.0. The number of fused-ring (bicyclic) bond motifs is 1. The van der Waals surface area contributed by atoms with E-state index in [1.165, 1.54) is 13.2 Å². The van der Waals surface area contributed by atoms with E-state index in [4.69, 9.17) is 0 Å². The highest BCUT2D eigenvalue weighted by Gasteiger charge is 2.42. The molecule has 0 amide bonds.